The Bertz CT molecular complexity index is 1200. The minimum Gasteiger partial charge on any atom is -0.493 e. The monoisotopic (exact) mass is 420 g/mol. The largest absolute Gasteiger partial charge is 0.493 e. The van der Waals surface area contributed by atoms with Crippen molar-refractivity contribution >= 4 is 23.0 Å². The van der Waals surface area contributed by atoms with Crippen LogP contribution in [0.2, 0.25) is 0 Å². The highest BCUT2D eigenvalue weighted by molar-refractivity contribution is 5.88. The zero-order valence-corrected chi connectivity index (χ0v) is 17.8. The Kier molecular flexibility index (Phi) is 6.92. The van der Waals surface area contributed by atoms with Gasteiger partial charge in [-0.1, -0.05) is 30.9 Å². The molecule has 0 unspecified atom stereocenters. The quantitative estimate of drug-likeness (QED) is 0.227. The topological polar surface area (TPSA) is 75.0 Å². The van der Waals surface area contributed by atoms with Crippen molar-refractivity contribution in [1.82, 2.24) is 0 Å². The number of aryl methyl sites for hydroxylation is 2. The number of hydrogen-bond acceptors (Lipinski definition) is 6. The highest BCUT2D eigenvalue weighted by Gasteiger charge is 2.11. The maximum absolute atomic E-state index is 12.2. The lowest BCUT2D eigenvalue weighted by Gasteiger charge is -2.10. The van der Waals surface area contributed by atoms with E-state index < -0.39 is 11.6 Å². The van der Waals surface area contributed by atoms with Crippen LogP contribution in [0.1, 0.15) is 22.3 Å². The molecule has 1 heterocycles. The zero-order chi connectivity index (χ0) is 22.4. The minimum atomic E-state index is -0.531. The zero-order valence-electron chi connectivity index (χ0n) is 17.8. The molecule has 0 aliphatic heterocycles. The van der Waals surface area contributed by atoms with Crippen LogP contribution >= 0.6 is 0 Å². The van der Waals surface area contributed by atoms with Crippen LogP contribution in [0.3, 0.4) is 0 Å². The Hall–Kier alpha value is -3.80. The number of benzene rings is 2. The number of hydrogen-bond donors (Lipinski definition) is 0. The Balaban J connectivity index is 1.72. The van der Waals surface area contributed by atoms with E-state index in [1.165, 1.54) is 12.1 Å². The van der Waals surface area contributed by atoms with Gasteiger partial charge in [0.1, 0.15) is 18.8 Å². The van der Waals surface area contributed by atoms with E-state index >= 15 is 0 Å². The molecule has 0 saturated carbocycles. The SMILES string of the molecule is C=CCOc1ccc(/C=C/C(=O)OCc2cc(=O)oc3c(C)c(C)ccc23)cc1OC. The summed E-state index contributed by atoms with van der Waals surface area (Å²) in [6, 6.07) is 10.5. The van der Waals surface area contributed by atoms with Crippen LogP contribution in [0, 0.1) is 13.8 Å². The first-order valence-electron chi connectivity index (χ1n) is 9.72. The third-order valence-electron chi connectivity index (χ3n) is 4.84. The van der Waals surface area contributed by atoms with Crippen LogP contribution in [0.25, 0.3) is 17.0 Å². The molecule has 3 aromatic rings. The molecule has 6 nitrogen and oxygen atoms in total. The highest BCUT2D eigenvalue weighted by Crippen LogP contribution is 2.28. The molecule has 0 spiro atoms. The summed E-state index contributed by atoms with van der Waals surface area (Å²) in [7, 11) is 1.54. The maximum atomic E-state index is 12.2. The molecule has 0 fully saturated rings. The lowest BCUT2D eigenvalue weighted by Crippen LogP contribution is -2.06. The Morgan fingerprint density at radius 2 is 1.94 bits per heavy atom. The number of rotatable bonds is 8. The molecule has 160 valence electrons. The molecular weight excluding hydrogens is 396 g/mol. The summed E-state index contributed by atoms with van der Waals surface area (Å²) in [5, 5.41) is 0.749. The summed E-state index contributed by atoms with van der Waals surface area (Å²) in [5.41, 5.74) is 3.29. The molecule has 3 rings (SSSR count). The Morgan fingerprint density at radius 3 is 2.68 bits per heavy atom. The van der Waals surface area contributed by atoms with Gasteiger partial charge in [-0.05, 0) is 48.7 Å². The molecule has 31 heavy (non-hydrogen) atoms. The van der Waals surface area contributed by atoms with Crippen molar-refractivity contribution in [1.29, 1.82) is 0 Å². The molecule has 0 aliphatic carbocycles. The summed E-state index contributed by atoms with van der Waals surface area (Å²) >= 11 is 0. The van der Waals surface area contributed by atoms with Gasteiger partial charge in [0.15, 0.2) is 11.5 Å². The average molecular weight is 420 g/mol. The van der Waals surface area contributed by atoms with Crippen molar-refractivity contribution < 1.29 is 23.4 Å². The molecule has 2 aromatic carbocycles. The van der Waals surface area contributed by atoms with E-state index in [9.17, 15) is 9.59 Å². The van der Waals surface area contributed by atoms with Crippen molar-refractivity contribution in [2.45, 2.75) is 20.5 Å². The van der Waals surface area contributed by atoms with Gasteiger partial charge < -0.3 is 18.6 Å². The van der Waals surface area contributed by atoms with Crippen molar-refractivity contribution in [3.8, 4) is 11.5 Å². The smallest absolute Gasteiger partial charge is 0.336 e. The van der Waals surface area contributed by atoms with Crippen LogP contribution < -0.4 is 15.1 Å². The second-order valence-electron chi connectivity index (χ2n) is 6.93. The number of carbonyl (C=O) groups excluding carboxylic acids is 1. The predicted molar refractivity (Wildman–Crippen MR) is 119 cm³/mol. The standard InChI is InChI=1S/C25H24O6/c1-5-12-29-21-10-7-18(13-22(21)28-4)8-11-23(26)30-15-19-14-24(27)31-25-17(3)16(2)6-9-20(19)25/h5-11,13-14H,1,12,15H2,2-4H3/b11-8+. The molecule has 0 saturated heterocycles. The van der Waals surface area contributed by atoms with Gasteiger partial charge >= 0.3 is 11.6 Å². The van der Waals surface area contributed by atoms with Gasteiger partial charge in [0, 0.05) is 23.1 Å². The molecule has 1 aromatic heterocycles. The molecule has 0 radical (unpaired) electrons. The number of carbonyl (C=O) groups is 1. The van der Waals surface area contributed by atoms with Crippen LogP contribution in [-0.4, -0.2) is 19.7 Å². The molecule has 0 bridgehead atoms. The van der Waals surface area contributed by atoms with Gasteiger partial charge in [-0.2, -0.15) is 0 Å². The third-order valence-corrected chi connectivity index (χ3v) is 4.84. The minimum absolute atomic E-state index is 0.0363. The maximum Gasteiger partial charge on any atom is 0.336 e. The molecule has 0 aliphatic rings. The van der Waals surface area contributed by atoms with E-state index in [0.717, 1.165) is 22.1 Å². The lowest BCUT2D eigenvalue weighted by molar-refractivity contribution is -0.138. The van der Waals surface area contributed by atoms with Crippen molar-refractivity contribution in [3.63, 3.8) is 0 Å². The fourth-order valence-electron chi connectivity index (χ4n) is 3.06. The first kappa shape index (κ1) is 21.9. The van der Waals surface area contributed by atoms with Crippen molar-refractivity contribution in [3.05, 3.63) is 87.8 Å². The van der Waals surface area contributed by atoms with Gasteiger partial charge in [-0.3, -0.25) is 0 Å². The highest BCUT2D eigenvalue weighted by atomic mass is 16.5. The predicted octanol–water partition coefficient (Wildman–Crippen LogP) is 4.74. The molecular formula is C25H24O6. The number of methoxy groups -OCH3 is 1. The Labute approximate surface area is 180 Å². The second-order valence-corrected chi connectivity index (χ2v) is 6.93. The first-order chi connectivity index (χ1) is 14.9. The van der Waals surface area contributed by atoms with Gasteiger partial charge in [0.25, 0.3) is 0 Å². The summed E-state index contributed by atoms with van der Waals surface area (Å²) in [6.07, 6.45) is 4.58. The average Bonchev–Trinajstić information content (AvgIpc) is 2.77. The molecule has 0 N–H and O–H groups in total. The number of esters is 1. The van der Waals surface area contributed by atoms with E-state index in [2.05, 4.69) is 6.58 Å². The summed E-state index contributed by atoms with van der Waals surface area (Å²) < 4.78 is 21.5. The van der Waals surface area contributed by atoms with Gasteiger partial charge in [0.05, 0.1) is 7.11 Å². The van der Waals surface area contributed by atoms with E-state index in [4.69, 9.17) is 18.6 Å². The lowest BCUT2D eigenvalue weighted by atomic mass is 10.0. The Morgan fingerprint density at radius 1 is 1.13 bits per heavy atom. The van der Waals surface area contributed by atoms with Crippen LogP contribution in [0.5, 0.6) is 11.5 Å². The molecule has 6 heteroatoms. The summed E-state index contributed by atoms with van der Waals surface area (Å²) in [4.78, 5) is 24.1. The van der Waals surface area contributed by atoms with E-state index in [-0.39, 0.29) is 6.61 Å². The second kappa shape index (κ2) is 9.80. The van der Waals surface area contributed by atoms with Crippen LogP contribution in [-0.2, 0) is 16.1 Å². The van der Waals surface area contributed by atoms with E-state index in [0.29, 0.717) is 29.3 Å². The van der Waals surface area contributed by atoms with E-state index in [1.54, 1.807) is 37.5 Å². The van der Waals surface area contributed by atoms with Gasteiger partial charge in [-0.15, -0.1) is 0 Å². The van der Waals surface area contributed by atoms with Gasteiger partial charge in [0.2, 0.25) is 0 Å². The molecule has 0 atom stereocenters. The number of ether oxygens (including phenoxy) is 3. The van der Waals surface area contributed by atoms with Crippen LogP contribution in [0.4, 0.5) is 0 Å². The van der Waals surface area contributed by atoms with E-state index in [1.807, 2.05) is 26.0 Å². The van der Waals surface area contributed by atoms with Crippen molar-refractivity contribution in [2.24, 2.45) is 0 Å². The van der Waals surface area contributed by atoms with Crippen molar-refractivity contribution in [2.75, 3.05) is 13.7 Å². The normalized spacial score (nSPS) is 10.9. The van der Waals surface area contributed by atoms with Crippen LogP contribution in [0.15, 0.2) is 64.3 Å². The summed E-state index contributed by atoms with van der Waals surface area (Å²) in [5.74, 6) is 0.601. The summed E-state index contributed by atoms with van der Waals surface area (Å²) in [6.45, 7) is 7.78. The third kappa shape index (κ3) is 5.22. The molecule has 0 amide bonds. The first-order valence-corrected chi connectivity index (χ1v) is 9.72. The number of fused-ring (bicyclic) bond motifs is 1. The fraction of sp³-hybridized carbons (Fsp3) is 0.200. The van der Waals surface area contributed by atoms with Gasteiger partial charge in [-0.25, -0.2) is 9.59 Å². The fourth-order valence-corrected chi connectivity index (χ4v) is 3.06.